The number of ether oxygens (including phenoxy) is 1. The second-order valence-electron chi connectivity index (χ2n) is 5.22. The van der Waals surface area contributed by atoms with Crippen LogP contribution in [0, 0.1) is 11.3 Å². The molecule has 2 rings (SSSR count). The van der Waals surface area contributed by atoms with Crippen molar-refractivity contribution in [2.24, 2.45) is 0 Å². The first kappa shape index (κ1) is 16.3. The monoisotopic (exact) mass is 306 g/mol. The number of nitrogens with zero attached hydrogens (tertiary/aromatic N) is 2. The van der Waals surface area contributed by atoms with E-state index < -0.39 is 0 Å². The van der Waals surface area contributed by atoms with Crippen LogP contribution in [-0.2, 0) is 0 Å². The molecule has 23 heavy (non-hydrogen) atoms. The standard InChI is InChI=1S/C19H18N2O2/c1-21(2)17-9-7-14(8-10-17)11-16(13-20)19(22)15-5-4-6-18(12-15)23-3/h4-12H,1-3H3/b16-11+. The van der Waals surface area contributed by atoms with Crippen LogP contribution in [0.2, 0.25) is 0 Å². The number of nitriles is 1. The van der Waals surface area contributed by atoms with Crippen LogP contribution in [0.25, 0.3) is 6.08 Å². The van der Waals surface area contributed by atoms with Gasteiger partial charge in [-0.2, -0.15) is 5.26 Å². The van der Waals surface area contributed by atoms with Crippen LogP contribution in [0.4, 0.5) is 5.69 Å². The third-order valence-electron chi connectivity index (χ3n) is 3.42. The third-order valence-corrected chi connectivity index (χ3v) is 3.42. The van der Waals surface area contributed by atoms with Gasteiger partial charge in [0.25, 0.3) is 0 Å². The number of hydrogen-bond acceptors (Lipinski definition) is 4. The molecule has 116 valence electrons. The molecular formula is C19H18N2O2. The molecule has 0 heterocycles. The Morgan fingerprint density at radius 1 is 1.17 bits per heavy atom. The summed E-state index contributed by atoms with van der Waals surface area (Å²) in [5.74, 6) is 0.270. The fraction of sp³-hybridized carbons (Fsp3) is 0.158. The molecule has 0 unspecified atom stereocenters. The van der Waals surface area contributed by atoms with Crippen molar-refractivity contribution in [1.29, 1.82) is 5.26 Å². The number of hydrogen-bond donors (Lipinski definition) is 0. The molecule has 0 aromatic heterocycles. The average Bonchev–Trinajstić information content (AvgIpc) is 2.59. The van der Waals surface area contributed by atoms with Crippen molar-refractivity contribution in [2.45, 2.75) is 0 Å². The first-order chi connectivity index (χ1) is 11.0. The third kappa shape index (κ3) is 3.98. The molecule has 0 N–H and O–H groups in total. The van der Waals surface area contributed by atoms with Crippen molar-refractivity contribution in [3.05, 3.63) is 65.2 Å². The smallest absolute Gasteiger partial charge is 0.203 e. The summed E-state index contributed by atoms with van der Waals surface area (Å²) in [6.45, 7) is 0. The maximum Gasteiger partial charge on any atom is 0.203 e. The van der Waals surface area contributed by atoms with E-state index in [0.29, 0.717) is 11.3 Å². The van der Waals surface area contributed by atoms with E-state index in [4.69, 9.17) is 4.74 Å². The Morgan fingerprint density at radius 3 is 2.43 bits per heavy atom. The van der Waals surface area contributed by atoms with E-state index in [9.17, 15) is 10.1 Å². The van der Waals surface area contributed by atoms with E-state index in [2.05, 4.69) is 0 Å². The van der Waals surface area contributed by atoms with E-state index in [1.807, 2.05) is 49.3 Å². The van der Waals surface area contributed by atoms with Crippen LogP contribution < -0.4 is 9.64 Å². The van der Waals surface area contributed by atoms with Crippen LogP contribution in [-0.4, -0.2) is 27.0 Å². The lowest BCUT2D eigenvalue weighted by Gasteiger charge is -2.11. The van der Waals surface area contributed by atoms with Crippen molar-refractivity contribution in [3.63, 3.8) is 0 Å². The average molecular weight is 306 g/mol. The Morgan fingerprint density at radius 2 is 1.87 bits per heavy atom. The Bertz CT molecular complexity index is 769. The molecule has 0 aliphatic heterocycles. The molecule has 2 aromatic rings. The highest BCUT2D eigenvalue weighted by molar-refractivity contribution is 6.14. The van der Waals surface area contributed by atoms with Gasteiger partial charge in [-0.3, -0.25) is 4.79 Å². The number of methoxy groups -OCH3 is 1. The zero-order valence-electron chi connectivity index (χ0n) is 13.4. The molecule has 0 saturated heterocycles. The first-order valence-electron chi connectivity index (χ1n) is 7.13. The summed E-state index contributed by atoms with van der Waals surface area (Å²) in [4.78, 5) is 14.5. The Kier molecular flexibility index (Phi) is 5.16. The van der Waals surface area contributed by atoms with Gasteiger partial charge in [0.2, 0.25) is 5.78 Å². The summed E-state index contributed by atoms with van der Waals surface area (Å²) >= 11 is 0. The fourth-order valence-corrected chi connectivity index (χ4v) is 2.10. The van der Waals surface area contributed by atoms with Crippen LogP contribution in [0.15, 0.2) is 54.1 Å². The molecule has 0 fully saturated rings. The molecule has 0 bridgehead atoms. The minimum atomic E-state index is -0.317. The second-order valence-corrected chi connectivity index (χ2v) is 5.22. The van der Waals surface area contributed by atoms with Crippen molar-refractivity contribution < 1.29 is 9.53 Å². The number of allylic oxidation sites excluding steroid dienone is 1. The van der Waals surface area contributed by atoms with Crippen molar-refractivity contribution in [1.82, 2.24) is 0 Å². The summed E-state index contributed by atoms with van der Waals surface area (Å²) in [5.41, 5.74) is 2.39. The lowest BCUT2D eigenvalue weighted by atomic mass is 10.0. The van der Waals surface area contributed by atoms with Gasteiger partial charge in [0, 0.05) is 25.3 Å². The number of carbonyl (C=O) groups excluding carboxylic acids is 1. The van der Waals surface area contributed by atoms with E-state index in [1.165, 1.54) is 7.11 Å². The molecule has 2 aromatic carbocycles. The second kappa shape index (κ2) is 7.28. The molecule has 0 amide bonds. The molecule has 0 aliphatic rings. The highest BCUT2D eigenvalue weighted by Gasteiger charge is 2.13. The lowest BCUT2D eigenvalue weighted by molar-refractivity contribution is 0.103. The van der Waals surface area contributed by atoms with E-state index in [-0.39, 0.29) is 11.4 Å². The Balaban J connectivity index is 2.31. The molecule has 0 radical (unpaired) electrons. The van der Waals surface area contributed by atoms with Crippen molar-refractivity contribution in [2.75, 3.05) is 26.1 Å². The molecule has 0 spiro atoms. The van der Waals surface area contributed by atoms with Crippen LogP contribution >= 0.6 is 0 Å². The number of anilines is 1. The minimum absolute atomic E-state index is 0.0934. The van der Waals surface area contributed by atoms with Gasteiger partial charge in [-0.1, -0.05) is 24.3 Å². The van der Waals surface area contributed by atoms with Gasteiger partial charge in [0.1, 0.15) is 17.4 Å². The largest absolute Gasteiger partial charge is 0.497 e. The number of rotatable bonds is 5. The lowest BCUT2D eigenvalue weighted by Crippen LogP contribution is -2.08. The van der Waals surface area contributed by atoms with E-state index in [1.54, 1.807) is 30.3 Å². The SMILES string of the molecule is COc1cccc(C(=O)/C(C#N)=C/c2ccc(N(C)C)cc2)c1. The topological polar surface area (TPSA) is 53.3 Å². The number of ketones is 1. The highest BCUT2D eigenvalue weighted by Crippen LogP contribution is 2.19. The van der Waals surface area contributed by atoms with Gasteiger partial charge < -0.3 is 9.64 Å². The number of Topliss-reactive ketones (excluding diaryl/α,β-unsaturated/α-hetero) is 1. The van der Waals surface area contributed by atoms with Gasteiger partial charge in [0.05, 0.1) is 7.11 Å². The molecular weight excluding hydrogens is 288 g/mol. The summed E-state index contributed by atoms with van der Waals surface area (Å²) in [5, 5.41) is 9.31. The predicted octanol–water partition coefficient (Wildman–Crippen LogP) is 3.55. The summed E-state index contributed by atoms with van der Waals surface area (Å²) in [6, 6.07) is 16.4. The van der Waals surface area contributed by atoms with Crippen molar-refractivity contribution >= 4 is 17.5 Å². The molecule has 4 nitrogen and oxygen atoms in total. The van der Waals surface area contributed by atoms with Gasteiger partial charge in [-0.25, -0.2) is 0 Å². The zero-order chi connectivity index (χ0) is 16.8. The minimum Gasteiger partial charge on any atom is -0.497 e. The number of carbonyl (C=O) groups is 1. The van der Waals surface area contributed by atoms with Gasteiger partial charge >= 0.3 is 0 Å². The van der Waals surface area contributed by atoms with Gasteiger partial charge in [-0.15, -0.1) is 0 Å². The molecule has 0 aliphatic carbocycles. The normalized spacial score (nSPS) is 10.8. The Hall–Kier alpha value is -3.06. The fourth-order valence-electron chi connectivity index (χ4n) is 2.10. The summed E-state index contributed by atoms with van der Waals surface area (Å²) in [6.07, 6.45) is 1.60. The van der Waals surface area contributed by atoms with E-state index >= 15 is 0 Å². The Labute approximate surface area is 136 Å². The van der Waals surface area contributed by atoms with Crippen molar-refractivity contribution in [3.8, 4) is 11.8 Å². The van der Waals surface area contributed by atoms with Gasteiger partial charge in [0.15, 0.2) is 0 Å². The first-order valence-corrected chi connectivity index (χ1v) is 7.13. The van der Waals surface area contributed by atoms with Gasteiger partial charge in [-0.05, 0) is 35.9 Å². The van der Waals surface area contributed by atoms with Crippen LogP contribution in [0.3, 0.4) is 0 Å². The predicted molar refractivity (Wildman–Crippen MR) is 91.7 cm³/mol. The number of benzene rings is 2. The van der Waals surface area contributed by atoms with E-state index in [0.717, 1.165) is 11.3 Å². The molecule has 0 atom stereocenters. The maximum absolute atomic E-state index is 12.5. The molecule has 4 heteroatoms. The quantitative estimate of drug-likeness (QED) is 0.481. The highest BCUT2D eigenvalue weighted by atomic mass is 16.5. The maximum atomic E-state index is 12.5. The summed E-state index contributed by atoms with van der Waals surface area (Å²) in [7, 11) is 5.45. The summed E-state index contributed by atoms with van der Waals surface area (Å²) < 4.78 is 5.11. The zero-order valence-corrected chi connectivity index (χ0v) is 13.4. The molecule has 0 saturated carbocycles. The van der Waals surface area contributed by atoms with Crippen LogP contribution in [0.5, 0.6) is 5.75 Å². The van der Waals surface area contributed by atoms with Crippen LogP contribution in [0.1, 0.15) is 15.9 Å².